The minimum absolute atomic E-state index is 0.103. The molecule has 5 nitrogen and oxygen atoms in total. The summed E-state index contributed by atoms with van der Waals surface area (Å²) in [5.74, 6) is 1.05. The molecule has 1 unspecified atom stereocenters. The third kappa shape index (κ3) is 3.54. The van der Waals surface area contributed by atoms with Gasteiger partial charge in [-0.25, -0.2) is 0 Å². The van der Waals surface area contributed by atoms with Crippen LogP contribution >= 0.6 is 11.6 Å². The van der Waals surface area contributed by atoms with Gasteiger partial charge >= 0.3 is 0 Å². The van der Waals surface area contributed by atoms with E-state index in [0.29, 0.717) is 50.1 Å². The molecule has 2 amide bonds. The Kier molecular flexibility index (Phi) is 5.07. The highest BCUT2D eigenvalue weighted by Gasteiger charge is 2.37. The van der Waals surface area contributed by atoms with Gasteiger partial charge in [-0.3, -0.25) is 9.59 Å². The number of likely N-dealkylation sites (tertiary alicyclic amines) is 1. The summed E-state index contributed by atoms with van der Waals surface area (Å²) >= 11 is 6.11. The molecule has 3 aliphatic rings. The second-order valence-electron chi connectivity index (χ2n) is 7.58. The molecule has 2 heterocycles. The lowest BCUT2D eigenvalue weighted by molar-refractivity contribution is -0.145. The van der Waals surface area contributed by atoms with Gasteiger partial charge in [0.1, 0.15) is 12.4 Å². The molecule has 140 valence electrons. The van der Waals surface area contributed by atoms with Crippen LogP contribution in [0.5, 0.6) is 5.75 Å². The Morgan fingerprint density at radius 1 is 1.19 bits per heavy atom. The molecule has 0 radical (unpaired) electrons. The van der Waals surface area contributed by atoms with Crippen molar-refractivity contribution in [1.82, 2.24) is 9.80 Å². The summed E-state index contributed by atoms with van der Waals surface area (Å²) < 4.78 is 5.77. The predicted octanol–water partition coefficient (Wildman–Crippen LogP) is 3.24. The summed E-state index contributed by atoms with van der Waals surface area (Å²) in [5, 5.41) is 0.650. The van der Waals surface area contributed by atoms with Crippen LogP contribution in [0.25, 0.3) is 0 Å². The van der Waals surface area contributed by atoms with Crippen molar-refractivity contribution in [3.8, 4) is 5.75 Å². The lowest BCUT2D eigenvalue weighted by atomic mass is 9.94. The molecule has 0 bridgehead atoms. The maximum absolute atomic E-state index is 13.2. The predicted molar refractivity (Wildman–Crippen MR) is 99.1 cm³/mol. The lowest BCUT2D eigenvalue weighted by Gasteiger charge is -2.37. The molecular weight excluding hydrogens is 352 g/mol. The van der Waals surface area contributed by atoms with Crippen molar-refractivity contribution in [1.29, 1.82) is 0 Å². The van der Waals surface area contributed by atoms with E-state index in [1.165, 1.54) is 12.8 Å². The summed E-state index contributed by atoms with van der Waals surface area (Å²) in [6.45, 7) is 2.14. The molecule has 0 aromatic heterocycles. The highest BCUT2D eigenvalue weighted by atomic mass is 35.5. The van der Waals surface area contributed by atoms with Crippen LogP contribution < -0.4 is 4.74 Å². The topological polar surface area (TPSA) is 49.9 Å². The Balaban J connectivity index is 1.47. The van der Waals surface area contributed by atoms with Crippen molar-refractivity contribution in [3.05, 3.63) is 28.8 Å². The van der Waals surface area contributed by atoms with Crippen LogP contribution in [-0.4, -0.2) is 47.4 Å². The maximum atomic E-state index is 13.2. The molecule has 1 aliphatic carbocycles. The highest BCUT2D eigenvalue weighted by Crippen LogP contribution is 2.31. The number of fused-ring (bicyclic) bond motifs is 1. The number of hydrogen-bond acceptors (Lipinski definition) is 3. The quantitative estimate of drug-likeness (QED) is 0.796. The molecule has 0 N–H and O–H groups in total. The van der Waals surface area contributed by atoms with Crippen LogP contribution in [0.3, 0.4) is 0 Å². The molecule has 1 saturated carbocycles. The molecule has 1 aromatic rings. The molecule has 2 aliphatic heterocycles. The first-order chi connectivity index (χ1) is 12.6. The zero-order valence-corrected chi connectivity index (χ0v) is 15.7. The molecule has 0 spiro atoms. The summed E-state index contributed by atoms with van der Waals surface area (Å²) in [5.41, 5.74) is 0.947. The minimum atomic E-state index is -0.103. The van der Waals surface area contributed by atoms with E-state index >= 15 is 0 Å². The average Bonchev–Trinajstić information content (AvgIpc) is 3.08. The summed E-state index contributed by atoms with van der Waals surface area (Å²) in [7, 11) is 0. The van der Waals surface area contributed by atoms with Crippen LogP contribution in [0.1, 0.15) is 44.1 Å². The van der Waals surface area contributed by atoms with Gasteiger partial charge in [-0.05, 0) is 37.5 Å². The number of carbonyl (C=O) groups excluding carboxylic acids is 2. The van der Waals surface area contributed by atoms with Gasteiger partial charge in [0, 0.05) is 36.1 Å². The SMILES string of the molecule is O=C(C1CCC(=O)N(C2CCCC2)C1)N1CCOc2ccc(Cl)cc2C1. The number of ether oxygens (including phenoxy) is 1. The molecule has 26 heavy (non-hydrogen) atoms. The van der Waals surface area contributed by atoms with Crippen molar-refractivity contribution in [2.24, 2.45) is 5.92 Å². The first-order valence-corrected chi connectivity index (χ1v) is 9.99. The van der Waals surface area contributed by atoms with E-state index in [-0.39, 0.29) is 17.7 Å². The molecule has 1 aromatic carbocycles. The third-order valence-corrected chi connectivity index (χ3v) is 6.11. The van der Waals surface area contributed by atoms with Gasteiger partial charge in [0.05, 0.1) is 12.5 Å². The molecule has 6 heteroatoms. The highest BCUT2D eigenvalue weighted by molar-refractivity contribution is 6.30. The monoisotopic (exact) mass is 376 g/mol. The Labute approximate surface area is 159 Å². The van der Waals surface area contributed by atoms with Gasteiger partial charge < -0.3 is 14.5 Å². The number of benzene rings is 1. The van der Waals surface area contributed by atoms with Crippen LogP contribution in [0, 0.1) is 5.92 Å². The van der Waals surface area contributed by atoms with Crippen molar-refractivity contribution in [2.45, 2.75) is 51.1 Å². The van der Waals surface area contributed by atoms with E-state index in [9.17, 15) is 9.59 Å². The Bertz CT molecular complexity index is 702. The molecule has 1 saturated heterocycles. The lowest BCUT2D eigenvalue weighted by Crippen LogP contribution is -2.50. The summed E-state index contributed by atoms with van der Waals surface area (Å²) in [6.07, 6.45) is 5.68. The van der Waals surface area contributed by atoms with Crippen LogP contribution in [-0.2, 0) is 16.1 Å². The molecular formula is C20H25ClN2O3. The first-order valence-electron chi connectivity index (χ1n) is 9.61. The number of hydrogen-bond donors (Lipinski definition) is 0. The Morgan fingerprint density at radius 2 is 2.00 bits per heavy atom. The van der Waals surface area contributed by atoms with E-state index < -0.39 is 0 Å². The van der Waals surface area contributed by atoms with E-state index in [2.05, 4.69) is 0 Å². The summed E-state index contributed by atoms with van der Waals surface area (Å²) in [4.78, 5) is 29.4. The fourth-order valence-electron chi connectivity index (χ4n) is 4.45. The first kappa shape index (κ1) is 17.7. The smallest absolute Gasteiger partial charge is 0.227 e. The second kappa shape index (κ2) is 7.47. The van der Waals surface area contributed by atoms with Crippen molar-refractivity contribution < 1.29 is 14.3 Å². The van der Waals surface area contributed by atoms with E-state index in [1.807, 2.05) is 28.0 Å². The van der Waals surface area contributed by atoms with Crippen LogP contribution in [0.15, 0.2) is 18.2 Å². The number of carbonyl (C=O) groups is 2. The zero-order chi connectivity index (χ0) is 18.1. The van der Waals surface area contributed by atoms with Gasteiger partial charge in [-0.15, -0.1) is 0 Å². The fourth-order valence-corrected chi connectivity index (χ4v) is 4.65. The van der Waals surface area contributed by atoms with Crippen LogP contribution in [0.4, 0.5) is 0 Å². The van der Waals surface area contributed by atoms with Crippen molar-refractivity contribution >= 4 is 23.4 Å². The largest absolute Gasteiger partial charge is 0.491 e. The third-order valence-electron chi connectivity index (χ3n) is 5.87. The molecule has 1 atom stereocenters. The maximum Gasteiger partial charge on any atom is 0.227 e. The fraction of sp³-hybridized carbons (Fsp3) is 0.600. The van der Waals surface area contributed by atoms with E-state index in [1.54, 1.807) is 0 Å². The number of rotatable bonds is 2. The van der Waals surface area contributed by atoms with Gasteiger partial charge in [0.25, 0.3) is 0 Å². The van der Waals surface area contributed by atoms with Crippen molar-refractivity contribution in [2.75, 3.05) is 19.7 Å². The second-order valence-corrected chi connectivity index (χ2v) is 8.02. The molecule has 4 rings (SSSR count). The number of nitrogens with zero attached hydrogens (tertiary/aromatic N) is 2. The van der Waals surface area contributed by atoms with Crippen molar-refractivity contribution in [3.63, 3.8) is 0 Å². The number of amides is 2. The van der Waals surface area contributed by atoms with Gasteiger partial charge in [-0.2, -0.15) is 0 Å². The number of halogens is 1. The van der Waals surface area contributed by atoms with Gasteiger partial charge in [-0.1, -0.05) is 24.4 Å². The van der Waals surface area contributed by atoms with Crippen LogP contribution in [0.2, 0.25) is 5.02 Å². The van der Waals surface area contributed by atoms with E-state index in [4.69, 9.17) is 16.3 Å². The average molecular weight is 377 g/mol. The standard InChI is InChI=1S/C20H25ClN2O3/c21-16-6-7-18-15(11-16)12-22(9-10-26-18)20(25)14-5-8-19(24)23(13-14)17-3-1-2-4-17/h6-7,11,14,17H,1-5,8-10,12-13H2. The van der Waals surface area contributed by atoms with Gasteiger partial charge in [0.2, 0.25) is 11.8 Å². The zero-order valence-electron chi connectivity index (χ0n) is 15.0. The Morgan fingerprint density at radius 3 is 2.81 bits per heavy atom. The van der Waals surface area contributed by atoms with E-state index in [0.717, 1.165) is 24.2 Å². The number of piperidine rings is 1. The van der Waals surface area contributed by atoms with Gasteiger partial charge in [0.15, 0.2) is 0 Å². The molecule has 2 fully saturated rings. The minimum Gasteiger partial charge on any atom is -0.491 e. The summed E-state index contributed by atoms with van der Waals surface area (Å²) in [6, 6.07) is 5.89. The normalized spacial score (nSPS) is 24.2. The Hall–Kier alpha value is -1.75.